The summed E-state index contributed by atoms with van der Waals surface area (Å²) in [5.41, 5.74) is 7.86. The Morgan fingerprint density at radius 1 is 1.14 bits per heavy atom. The van der Waals surface area contributed by atoms with Crippen LogP contribution in [0, 0.1) is 5.92 Å². The van der Waals surface area contributed by atoms with Crippen LogP contribution in [0.1, 0.15) is 51.0 Å². The highest BCUT2D eigenvalue weighted by Gasteiger charge is 2.42. The fourth-order valence-electron chi connectivity index (χ4n) is 4.55. The van der Waals surface area contributed by atoms with Gasteiger partial charge in [-0.25, -0.2) is 0 Å². The molecule has 0 radical (unpaired) electrons. The van der Waals surface area contributed by atoms with E-state index in [0.29, 0.717) is 0 Å². The molecular weight excluding hydrogens is 256 g/mol. The minimum atomic E-state index is 0.170. The Bertz CT molecular complexity index is 444. The Balaban J connectivity index is 1.69. The Morgan fingerprint density at radius 3 is 2.67 bits per heavy atom. The molecule has 116 valence electrons. The molecule has 21 heavy (non-hydrogen) atoms. The van der Waals surface area contributed by atoms with Crippen LogP contribution in [0.15, 0.2) is 30.3 Å². The van der Waals surface area contributed by atoms with E-state index in [1.54, 1.807) is 0 Å². The van der Waals surface area contributed by atoms with Gasteiger partial charge in [-0.2, -0.15) is 0 Å². The van der Waals surface area contributed by atoms with Gasteiger partial charge in [0.1, 0.15) is 0 Å². The number of likely N-dealkylation sites (tertiary alicyclic amines) is 1. The third-order valence-corrected chi connectivity index (χ3v) is 5.92. The Hall–Kier alpha value is -0.860. The van der Waals surface area contributed by atoms with Gasteiger partial charge < -0.3 is 5.73 Å². The van der Waals surface area contributed by atoms with Gasteiger partial charge in [-0.05, 0) is 63.5 Å². The van der Waals surface area contributed by atoms with E-state index in [1.807, 2.05) is 0 Å². The van der Waals surface area contributed by atoms with Crippen molar-refractivity contribution in [2.45, 2.75) is 63.5 Å². The second-order valence-electron chi connectivity index (χ2n) is 7.28. The maximum absolute atomic E-state index is 6.24. The highest BCUT2D eigenvalue weighted by atomic mass is 15.2. The van der Waals surface area contributed by atoms with E-state index in [9.17, 15) is 0 Å². The molecule has 2 heteroatoms. The first kappa shape index (κ1) is 15.1. The summed E-state index contributed by atoms with van der Waals surface area (Å²) in [6.07, 6.45) is 9.39. The summed E-state index contributed by atoms with van der Waals surface area (Å²) in [6, 6.07) is 11.7. The van der Waals surface area contributed by atoms with Gasteiger partial charge in [-0.1, -0.05) is 36.8 Å². The van der Waals surface area contributed by atoms with Crippen molar-refractivity contribution in [2.75, 3.05) is 13.1 Å². The molecule has 1 saturated heterocycles. The molecule has 0 amide bonds. The minimum absolute atomic E-state index is 0.170. The van der Waals surface area contributed by atoms with E-state index >= 15 is 0 Å². The highest BCUT2D eigenvalue weighted by molar-refractivity contribution is 5.15. The SMILES string of the molecule is CC(CN)(CCc1ccccc1)N1CCCC2CCCC21. The van der Waals surface area contributed by atoms with Gasteiger partial charge in [-0.15, -0.1) is 0 Å². The van der Waals surface area contributed by atoms with Crippen molar-refractivity contribution in [2.24, 2.45) is 11.7 Å². The van der Waals surface area contributed by atoms with Crippen LogP contribution in [-0.2, 0) is 6.42 Å². The van der Waals surface area contributed by atoms with Crippen molar-refractivity contribution in [3.8, 4) is 0 Å². The van der Waals surface area contributed by atoms with E-state index in [4.69, 9.17) is 5.73 Å². The molecule has 2 fully saturated rings. The van der Waals surface area contributed by atoms with Crippen molar-refractivity contribution < 1.29 is 0 Å². The summed E-state index contributed by atoms with van der Waals surface area (Å²) in [6.45, 7) is 4.43. The molecule has 3 unspecified atom stereocenters. The molecule has 3 atom stereocenters. The molecule has 1 saturated carbocycles. The lowest BCUT2D eigenvalue weighted by molar-refractivity contribution is 0.00900. The largest absolute Gasteiger partial charge is 0.329 e. The molecule has 2 aliphatic rings. The van der Waals surface area contributed by atoms with Crippen LogP contribution in [0.2, 0.25) is 0 Å². The third-order valence-electron chi connectivity index (χ3n) is 5.92. The van der Waals surface area contributed by atoms with Gasteiger partial charge in [-0.3, -0.25) is 4.90 Å². The molecule has 2 N–H and O–H groups in total. The summed E-state index contributed by atoms with van der Waals surface area (Å²) in [4.78, 5) is 2.79. The van der Waals surface area contributed by atoms with Gasteiger partial charge in [0.2, 0.25) is 0 Å². The van der Waals surface area contributed by atoms with E-state index in [1.165, 1.54) is 50.6 Å². The van der Waals surface area contributed by atoms with Crippen LogP contribution in [0.5, 0.6) is 0 Å². The molecular formula is C19H30N2. The number of nitrogens with two attached hydrogens (primary N) is 1. The molecule has 1 aliphatic heterocycles. The monoisotopic (exact) mass is 286 g/mol. The van der Waals surface area contributed by atoms with Crippen molar-refractivity contribution in [1.29, 1.82) is 0 Å². The second-order valence-corrected chi connectivity index (χ2v) is 7.28. The second kappa shape index (κ2) is 6.50. The van der Waals surface area contributed by atoms with Gasteiger partial charge >= 0.3 is 0 Å². The average Bonchev–Trinajstić information content (AvgIpc) is 3.02. The van der Waals surface area contributed by atoms with Gasteiger partial charge in [0.05, 0.1) is 0 Å². The Kier molecular flexibility index (Phi) is 4.66. The zero-order valence-electron chi connectivity index (χ0n) is 13.4. The number of piperidine rings is 1. The van der Waals surface area contributed by atoms with E-state index in [0.717, 1.165) is 24.9 Å². The van der Waals surface area contributed by atoms with Gasteiger partial charge in [0.15, 0.2) is 0 Å². The Morgan fingerprint density at radius 2 is 1.90 bits per heavy atom. The van der Waals surface area contributed by atoms with Crippen LogP contribution in [0.4, 0.5) is 0 Å². The molecule has 1 aromatic rings. The maximum atomic E-state index is 6.24. The smallest absolute Gasteiger partial charge is 0.0309 e. The van der Waals surface area contributed by atoms with Crippen LogP contribution in [0.3, 0.4) is 0 Å². The van der Waals surface area contributed by atoms with Crippen LogP contribution in [-0.4, -0.2) is 29.6 Å². The first-order valence-corrected chi connectivity index (χ1v) is 8.74. The molecule has 1 aliphatic carbocycles. The molecule has 1 aromatic carbocycles. The fraction of sp³-hybridized carbons (Fsp3) is 0.684. The summed E-state index contributed by atoms with van der Waals surface area (Å²) < 4.78 is 0. The van der Waals surface area contributed by atoms with Gasteiger partial charge in [0, 0.05) is 18.1 Å². The van der Waals surface area contributed by atoms with Crippen LogP contribution < -0.4 is 5.73 Å². The zero-order chi connectivity index (χ0) is 14.7. The van der Waals surface area contributed by atoms with E-state index < -0.39 is 0 Å². The van der Waals surface area contributed by atoms with Crippen LogP contribution in [0.25, 0.3) is 0 Å². The lowest BCUT2D eigenvalue weighted by atomic mass is 9.83. The number of hydrogen-bond acceptors (Lipinski definition) is 2. The van der Waals surface area contributed by atoms with E-state index in [2.05, 4.69) is 42.2 Å². The quantitative estimate of drug-likeness (QED) is 0.896. The first-order chi connectivity index (χ1) is 10.2. The molecule has 1 heterocycles. The number of aryl methyl sites for hydroxylation is 1. The summed E-state index contributed by atoms with van der Waals surface area (Å²) in [5, 5.41) is 0. The molecule has 0 spiro atoms. The van der Waals surface area contributed by atoms with Crippen LogP contribution >= 0.6 is 0 Å². The topological polar surface area (TPSA) is 29.3 Å². The number of rotatable bonds is 5. The summed E-state index contributed by atoms with van der Waals surface area (Å²) >= 11 is 0. The third kappa shape index (κ3) is 3.17. The summed E-state index contributed by atoms with van der Waals surface area (Å²) in [7, 11) is 0. The van der Waals surface area contributed by atoms with Crippen molar-refractivity contribution in [1.82, 2.24) is 4.90 Å². The molecule has 0 aromatic heterocycles. The standard InChI is InChI=1S/C19H30N2/c1-19(15-20,13-12-16-7-3-2-4-8-16)21-14-6-10-17-9-5-11-18(17)21/h2-4,7-8,17-18H,5-6,9-15,20H2,1H3. The first-order valence-electron chi connectivity index (χ1n) is 8.74. The molecule has 0 bridgehead atoms. The predicted octanol–water partition coefficient (Wildman–Crippen LogP) is 3.60. The Labute approximate surface area is 129 Å². The summed E-state index contributed by atoms with van der Waals surface area (Å²) in [5.74, 6) is 0.946. The van der Waals surface area contributed by atoms with Gasteiger partial charge in [0.25, 0.3) is 0 Å². The fourth-order valence-corrected chi connectivity index (χ4v) is 4.55. The minimum Gasteiger partial charge on any atom is -0.329 e. The lowest BCUT2D eigenvalue weighted by Crippen LogP contribution is -2.59. The number of hydrogen-bond donors (Lipinski definition) is 1. The van der Waals surface area contributed by atoms with E-state index in [-0.39, 0.29) is 5.54 Å². The van der Waals surface area contributed by atoms with Crippen molar-refractivity contribution >= 4 is 0 Å². The normalized spacial score (nSPS) is 29.0. The number of fused-ring (bicyclic) bond motifs is 1. The molecule has 2 nitrogen and oxygen atoms in total. The average molecular weight is 286 g/mol. The molecule has 3 rings (SSSR count). The highest BCUT2D eigenvalue weighted by Crippen LogP contribution is 2.40. The predicted molar refractivity (Wildman–Crippen MR) is 89.3 cm³/mol. The maximum Gasteiger partial charge on any atom is 0.0309 e. The van der Waals surface area contributed by atoms with Crippen molar-refractivity contribution in [3.05, 3.63) is 35.9 Å². The lowest BCUT2D eigenvalue weighted by Gasteiger charge is -2.49. The zero-order valence-corrected chi connectivity index (χ0v) is 13.4. The number of benzene rings is 1. The number of nitrogens with zero attached hydrogens (tertiary/aromatic N) is 1. The van der Waals surface area contributed by atoms with Crippen molar-refractivity contribution in [3.63, 3.8) is 0 Å².